The van der Waals surface area contributed by atoms with Crippen molar-refractivity contribution >= 4 is 50.3 Å². The first-order valence-electron chi connectivity index (χ1n) is 46.4. The molecular formula is C76H67N4OPt+. The molecule has 13 rings (SSSR count). The van der Waals surface area contributed by atoms with Crippen LogP contribution in [0.25, 0.3) is 94.3 Å². The van der Waals surface area contributed by atoms with Crippen LogP contribution < -0.4 is 9.30 Å². The minimum Gasteiger partial charge on any atom is -0.810 e. The van der Waals surface area contributed by atoms with Crippen molar-refractivity contribution in [1.82, 2.24) is 9.13 Å². The molecule has 2 aliphatic carbocycles. The van der Waals surface area contributed by atoms with E-state index < -0.39 is 271 Å². The molecule has 406 valence electrons. The number of aromatic nitrogens is 3. The van der Waals surface area contributed by atoms with Crippen LogP contribution in [0.4, 0.5) is 0 Å². The molecule has 2 heterocycles. The van der Waals surface area contributed by atoms with Gasteiger partial charge in [-0.2, -0.15) is 24.4 Å². The maximum atomic E-state index is 10.8. The third-order valence-electron chi connectivity index (χ3n) is 14.3. The first kappa shape index (κ1) is 24.0. The zero-order valence-electron chi connectivity index (χ0n) is 85.7. The SMILES string of the molecule is [2H]c1c([2H])c([2H])c(/C(C=[N-])=C(/C=C(\C)n2c3[c-]c(Oc4[c-]c(-n5[c-][n+](-c6c(-c7c([2H])c([2H])c8c(c7[2H])C(C([2H])([2H])[2H])(C([2H])([2H])[2H])CC8(C([2H])([2H])[2H])C([2H])([2H])[2H])cc(-c7c([2H])c([2H])c([2H])c([2H])c7[2H])cc6-c6c([2H])c([2H])c7c(c6[2H])C(C([2H])([2H])[2H])(C([2H])([2H])[2H])CC7(C([2H])([2H])[2H])C([2H])([2H])[2H])c6ccccc65)ccc4)ccc3c3ccccc32)C([2H])([2H])[2H])c([2H])c1[2H].[Pt+4]. The van der Waals surface area contributed by atoms with E-state index in [2.05, 4.69) is 18.5 Å². The summed E-state index contributed by atoms with van der Waals surface area (Å²) >= 11 is 0. The Kier molecular flexibility index (Phi) is 5.97. The second-order valence-electron chi connectivity index (χ2n) is 19.8. The van der Waals surface area contributed by atoms with E-state index in [4.69, 9.17) is 52.7 Å². The average Bonchev–Trinajstić information content (AvgIpc) is 1.49. The molecule has 0 aliphatic heterocycles. The molecular weight excluding hydrogens is 1180 g/mol. The molecule has 6 heteroatoms. The Morgan fingerprint density at radius 1 is 0.610 bits per heavy atom. The Morgan fingerprint density at radius 2 is 1.21 bits per heavy atom. The van der Waals surface area contributed by atoms with Crippen LogP contribution in [0.3, 0.4) is 0 Å². The average molecular weight is 1290 g/mol. The number of benzene rings is 9. The minimum absolute atomic E-state index is 0. The minimum atomic E-state index is -4.14. The van der Waals surface area contributed by atoms with Crippen molar-refractivity contribution in [2.75, 3.05) is 0 Å². The summed E-state index contributed by atoms with van der Waals surface area (Å²) in [5.74, 6) is -0.239. The Hall–Kier alpha value is -8.11. The van der Waals surface area contributed by atoms with Crippen LogP contribution in [0.15, 0.2) is 199 Å². The van der Waals surface area contributed by atoms with Gasteiger partial charge in [0.1, 0.15) is 0 Å². The Bertz CT molecular complexity index is 6170. The monoisotopic (exact) mass is 1290 g/mol. The molecule has 5 nitrogen and oxygen atoms in total. The fourth-order valence-electron chi connectivity index (χ4n) is 10.8. The number of allylic oxidation sites excluding steroid dienone is 4. The Labute approximate surface area is 558 Å². The van der Waals surface area contributed by atoms with Gasteiger partial charge in [-0.05, 0) is 156 Å². The number of rotatable bonds is 11. The van der Waals surface area contributed by atoms with E-state index in [1.54, 1.807) is 34.9 Å². The van der Waals surface area contributed by atoms with Crippen molar-refractivity contribution in [1.29, 1.82) is 0 Å². The Morgan fingerprint density at radius 3 is 1.84 bits per heavy atom. The maximum Gasteiger partial charge on any atom is 4.00 e. The predicted molar refractivity (Wildman–Crippen MR) is 337 cm³/mol. The van der Waals surface area contributed by atoms with Gasteiger partial charge in [-0.1, -0.05) is 199 Å². The molecule has 2 aliphatic rings. The molecule has 0 N–H and O–H groups in total. The van der Waals surface area contributed by atoms with E-state index in [9.17, 15) is 16.4 Å². The molecule has 0 atom stereocenters. The molecule has 2 aromatic heterocycles. The molecule has 0 radical (unpaired) electrons. The van der Waals surface area contributed by atoms with E-state index in [0.717, 1.165) is 22.8 Å². The topological polar surface area (TPSA) is 45.3 Å². The van der Waals surface area contributed by atoms with Gasteiger partial charge >= 0.3 is 21.1 Å². The molecule has 0 saturated heterocycles. The fourth-order valence-corrected chi connectivity index (χ4v) is 10.8. The number of para-hydroxylation sites is 3. The molecule has 11 aromatic rings. The van der Waals surface area contributed by atoms with E-state index >= 15 is 0 Å². The van der Waals surface area contributed by atoms with Gasteiger partial charge in [-0.15, -0.1) is 29.7 Å². The van der Waals surface area contributed by atoms with E-state index in [1.807, 2.05) is 0 Å². The van der Waals surface area contributed by atoms with Gasteiger partial charge in [0.15, 0.2) is 0 Å². The summed E-state index contributed by atoms with van der Waals surface area (Å²) in [5, 5.41) is 11.8. The van der Waals surface area contributed by atoms with Crippen LogP contribution in [0.2, 0.25) is 0 Å². The van der Waals surface area contributed by atoms with Crippen LogP contribution in [-0.4, -0.2) is 15.3 Å². The number of nitrogens with zero attached hydrogens (tertiary/aromatic N) is 4. The number of fused-ring (bicyclic) bond motifs is 6. The van der Waals surface area contributed by atoms with E-state index in [-0.39, 0.29) is 60.5 Å². The number of ether oxygens (including phenoxy) is 1. The maximum absolute atomic E-state index is 10.8. The molecule has 0 spiro atoms. The first-order valence-corrected chi connectivity index (χ1v) is 24.9. The standard InChI is InChI=1S/C76H67N4O.Pt/c1-49(63(45-77)52-24-15-12-16-25-52)38-50(2)80-68-29-18-17-28-59(68)60-35-34-58(44-71(60)80)81-57-27-21-26-56(43-57)78-48-79(70-31-20-19-30-69(70)78)72-61(53-32-36-64-66(41-53)75(7,8)46-73(64,3)4)39-55(51-22-13-11-14-23-51)40-62(72)54-33-37-65-67(42-54)76(9,10)47-74(65,5)6;/h11-42,45H,46-47H2,1-10H3;/q-3;+4/b50-38+,63-49+;/i1D3,3D3,4D3,5D3,6D3,7D3,8D3,9D3,10D3,11D,12D,13D,14D,15D,16D,22D,23D,24D,25D,32D,33D,36D,37D,41D,42D;. The summed E-state index contributed by atoms with van der Waals surface area (Å²) < 4.78 is 403. The van der Waals surface area contributed by atoms with E-state index in [0.29, 0.717) is 22.5 Å². The third-order valence-corrected chi connectivity index (χ3v) is 14.3. The zero-order valence-corrected chi connectivity index (χ0v) is 45.0. The summed E-state index contributed by atoms with van der Waals surface area (Å²) in [6.45, 7) is -34.5. The smallest absolute Gasteiger partial charge is 0.810 e. The second-order valence-corrected chi connectivity index (χ2v) is 19.8. The largest absolute Gasteiger partial charge is 4.00 e. The van der Waals surface area contributed by atoms with Gasteiger partial charge in [0.05, 0.1) is 38.7 Å². The van der Waals surface area contributed by atoms with Crippen molar-refractivity contribution < 1.29 is 89.3 Å². The van der Waals surface area contributed by atoms with Gasteiger partial charge in [-0.3, -0.25) is 4.57 Å². The summed E-state index contributed by atoms with van der Waals surface area (Å²) in [6, 6.07) is 9.06. The van der Waals surface area contributed by atoms with Crippen molar-refractivity contribution in [3.05, 3.63) is 251 Å². The summed E-state index contributed by atoms with van der Waals surface area (Å²) in [4.78, 5) is 0. The van der Waals surface area contributed by atoms with Crippen LogP contribution >= 0.6 is 0 Å². The summed E-state index contributed by atoms with van der Waals surface area (Å²) in [5.41, 5.74) is -29.5. The van der Waals surface area contributed by atoms with Crippen LogP contribution in [0.5, 0.6) is 11.5 Å². The van der Waals surface area contributed by atoms with Gasteiger partial charge in [0, 0.05) is 59.7 Å². The van der Waals surface area contributed by atoms with E-state index in [1.165, 1.54) is 60.0 Å². The van der Waals surface area contributed by atoms with Crippen molar-refractivity contribution in [3.63, 3.8) is 0 Å². The van der Waals surface area contributed by atoms with Gasteiger partial charge in [0.25, 0.3) is 6.33 Å². The number of hydrogen-bond acceptors (Lipinski definition) is 1. The summed E-state index contributed by atoms with van der Waals surface area (Å²) in [7, 11) is 0. The van der Waals surface area contributed by atoms with Crippen LogP contribution in [0, 0.1) is 18.5 Å². The van der Waals surface area contributed by atoms with Gasteiger partial charge in [-0.25, -0.2) is 0 Å². The van der Waals surface area contributed by atoms with Crippen LogP contribution in [-0.2, 0) is 42.7 Å². The Balaban J connectivity index is 0.0000142. The second kappa shape index (κ2) is 20.4. The molecule has 0 amide bonds. The molecule has 0 bridgehead atoms. The normalized spacial score (nSPS) is 24.9. The molecule has 0 unspecified atom stereocenters. The molecule has 82 heavy (non-hydrogen) atoms. The number of hydrogen-bond donors (Lipinski definition) is 0. The van der Waals surface area contributed by atoms with Crippen LogP contribution in [0.1, 0.15) is 168 Å². The first-order chi connectivity index (χ1) is 56.8. The number of imidazole rings is 1. The summed E-state index contributed by atoms with van der Waals surface area (Å²) in [6.07, 6.45) is 0.661. The molecule has 9 aromatic carbocycles. The molecule has 0 fully saturated rings. The fraction of sp³-hybridized carbons (Fsp3) is 0.211. The van der Waals surface area contributed by atoms with Crippen molar-refractivity contribution in [2.24, 2.45) is 0 Å². The molecule has 0 saturated carbocycles. The van der Waals surface area contributed by atoms with Crippen molar-refractivity contribution in [2.45, 2.75) is 103 Å². The predicted octanol–water partition coefficient (Wildman–Crippen LogP) is 19.1. The quantitative estimate of drug-likeness (QED) is 0.0551. The zero-order chi connectivity index (χ0) is 92.6. The van der Waals surface area contributed by atoms with Gasteiger partial charge in [0.2, 0.25) is 0 Å². The van der Waals surface area contributed by atoms with Crippen molar-refractivity contribution in [3.8, 4) is 56.3 Å². The van der Waals surface area contributed by atoms with Gasteiger partial charge < -0.3 is 19.3 Å². The third kappa shape index (κ3) is 9.32.